The summed E-state index contributed by atoms with van der Waals surface area (Å²) in [6.07, 6.45) is -0.522. The second-order valence-electron chi connectivity index (χ2n) is 7.08. The van der Waals surface area contributed by atoms with Crippen molar-refractivity contribution < 1.29 is 27.2 Å². The van der Waals surface area contributed by atoms with Gasteiger partial charge in [0.05, 0.1) is 18.6 Å². The maximum Gasteiger partial charge on any atom is 0.309 e. The fourth-order valence-electron chi connectivity index (χ4n) is 2.41. The predicted molar refractivity (Wildman–Crippen MR) is 88.5 cm³/mol. The van der Waals surface area contributed by atoms with Gasteiger partial charge in [0.15, 0.2) is 0 Å². The number of carbonyl (C=O) groups is 1. The minimum Gasteiger partial charge on any atom is -0.460 e. The lowest BCUT2D eigenvalue weighted by molar-refractivity contribution is -0.157. The minimum atomic E-state index is -3.78. The van der Waals surface area contributed by atoms with Crippen molar-refractivity contribution >= 4 is 16.1 Å². The molecule has 0 bridgehead atoms. The molecule has 2 rings (SSSR count). The van der Waals surface area contributed by atoms with Crippen LogP contribution in [0.1, 0.15) is 32.8 Å². The molecule has 0 amide bonds. The molecular formula is C17H24O6S. The third-order valence-corrected chi connectivity index (χ3v) is 4.83. The van der Waals surface area contributed by atoms with Crippen LogP contribution in [0.2, 0.25) is 0 Å². The summed E-state index contributed by atoms with van der Waals surface area (Å²) in [6, 6.07) is 8.67. The summed E-state index contributed by atoms with van der Waals surface area (Å²) in [6.45, 7) is 4.98. The van der Waals surface area contributed by atoms with Crippen molar-refractivity contribution in [1.82, 2.24) is 0 Å². The molecule has 1 saturated carbocycles. The molecule has 1 N–H and O–H groups in total. The Morgan fingerprint density at radius 2 is 1.92 bits per heavy atom. The van der Waals surface area contributed by atoms with Crippen LogP contribution >= 0.6 is 0 Å². The molecule has 1 aromatic rings. The van der Waals surface area contributed by atoms with Crippen LogP contribution in [0.5, 0.6) is 0 Å². The summed E-state index contributed by atoms with van der Waals surface area (Å²) in [5.41, 5.74) is 0.0371. The molecule has 0 aromatic heterocycles. The first-order valence-electron chi connectivity index (χ1n) is 7.89. The van der Waals surface area contributed by atoms with E-state index in [2.05, 4.69) is 0 Å². The Morgan fingerprint density at radius 1 is 1.29 bits per heavy atom. The Bertz CT molecular complexity index is 662. The minimum absolute atomic E-state index is 0.249. The quantitative estimate of drug-likeness (QED) is 0.592. The van der Waals surface area contributed by atoms with E-state index in [1.54, 1.807) is 51.1 Å². The third-order valence-electron chi connectivity index (χ3n) is 3.65. The van der Waals surface area contributed by atoms with Gasteiger partial charge in [-0.15, -0.1) is 0 Å². The molecule has 24 heavy (non-hydrogen) atoms. The third kappa shape index (κ3) is 5.89. The van der Waals surface area contributed by atoms with E-state index in [0.29, 0.717) is 12.0 Å². The van der Waals surface area contributed by atoms with E-state index >= 15 is 0 Å². The van der Waals surface area contributed by atoms with Gasteiger partial charge in [-0.1, -0.05) is 30.3 Å². The highest BCUT2D eigenvalue weighted by molar-refractivity contribution is 7.85. The number of ether oxygens (including phenoxy) is 1. The van der Waals surface area contributed by atoms with Crippen LogP contribution in [-0.4, -0.2) is 37.8 Å². The molecule has 6 nitrogen and oxygen atoms in total. The molecule has 0 heterocycles. The molecule has 0 aliphatic heterocycles. The van der Waals surface area contributed by atoms with Gasteiger partial charge in [-0.05, 0) is 32.8 Å². The van der Waals surface area contributed by atoms with E-state index in [-0.39, 0.29) is 30.2 Å². The van der Waals surface area contributed by atoms with Crippen molar-refractivity contribution in [2.75, 3.05) is 6.61 Å². The molecule has 3 atom stereocenters. The molecule has 0 unspecified atom stereocenters. The monoisotopic (exact) mass is 356 g/mol. The van der Waals surface area contributed by atoms with Gasteiger partial charge < -0.3 is 9.84 Å². The van der Waals surface area contributed by atoms with Gasteiger partial charge in [-0.3, -0.25) is 8.98 Å². The number of benzene rings is 1. The average Bonchev–Trinajstić information content (AvgIpc) is 3.24. The van der Waals surface area contributed by atoms with E-state index in [9.17, 15) is 18.3 Å². The fourth-order valence-corrected chi connectivity index (χ4v) is 3.44. The fraction of sp³-hybridized carbons (Fsp3) is 0.588. The molecule has 1 aliphatic carbocycles. The van der Waals surface area contributed by atoms with Crippen molar-refractivity contribution in [3.8, 4) is 0 Å². The molecule has 1 aliphatic rings. The molecule has 1 fully saturated rings. The summed E-state index contributed by atoms with van der Waals surface area (Å²) in [5, 5.41) is 10.0. The number of aliphatic hydroxyl groups is 1. The van der Waals surface area contributed by atoms with Gasteiger partial charge in [-0.2, -0.15) is 8.42 Å². The smallest absolute Gasteiger partial charge is 0.309 e. The molecule has 7 heteroatoms. The molecule has 0 spiro atoms. The summed E-state index contributed by atoms with van der Waals surface area (Å²) in [7, 11) is -3.78. The first-order chi connectivity index (χ1) is 11.1. The van der Waals surface area contributed by atoms with Gasteiger partial charge in [0.25, 0.3) is 10.1 Å². The number of hydrogen-bond donors (Lipinski definition) is 1. The highest BCUT2D eigenvalue weighted by Gasteiger charge is 2.49. The van der Waals surface area contributed by atoms with Crippen LogP contribution in [0.15, 0.2) is 30.3 Å². The van der Waals surface area contributed by atoms with E-state index in [4.69, 9.17) is 8.92 Å². The number of esters is 1. The highest BCUT2D eigenvalue weighted by atomic mass is 32.2. The van der Waals surface area contributed by atoms with Crippen LogP contribution < -0.4 is 0 Å². The second kappa shape index (κ2) is 7.21. The van der Waals surface area contributed by atoms with Gasteiger partial charge in [0.1, 0.15) is 11.4 Å². The van der Waals surface area contributed by atoms with Crippen molar-refractivity contribution in [1.29, 1.82) is 0 Å². The highest BCUT2D eigenvalue weighted by Crippen LogP contribution is 2.43. The van der Waals surface area contributed by atoms with E-state index in [1.807, 2.05) is 0 Å². The lowest BCUT2D eigenvalue weighted by atomic mass is 10.2. The predicted octanol–water partition coefficient (Wildman–Crippen LogP) is 1.87. The standard InChI is InChI=1S/C17H24O6S/c1-17(2,3)23-16(19)14-9-13(14)15(18)10-22-24(20,21)11-12-7-5-4-6-8-12/h4-8,13-15,18H,9-11H2,1-3H3/t13-,14-,15-/m1/s1. The summed E-state index contributed by atoms with van der Waals surface area (Å²) in [4.78, 5) is 11.9. The number of aliphatic hydroxyl groups excluding tert-OH is 1. The van der Waals surface area contributed by atoms with Crippen molar-refractivity contribution in [3.05, 3.63) is 35.9 Å². The van der Waals surface area contributed by atoms with Crippen LogP contribution in [0, 0.1) is 11.8 Å². The van der Waals surface area contributed by atoms with Crippen LogP contribution in [0.4, 0.5) is 0 Å². The lowest BCUT2D eigenvalue weighted by Crippen LogP contribution is -2.27. The summed E-state index contributed by atoms with van der Waals surface area (Å²) in [5.74, 6) is -1.31. The normalized spacial score (nSPS) is 22.0. The molecule has 134 valence electrons. The lowest BCUT2D eigenvalue weighted by Gasteiger charge is -2.19. The van der Waals surface area contributed by atoms with Crippen molar-refractivity contribution in [3.63, 3.8) is 0 Å². The van der Waals surface area contributed by atoms with Gasteiger partial charge in [0.2, 0.25) is 0 Å². The zero-order chi connectivity index (χ0) is 18.0. The maximum absolute atomic E-state index is 11.9. The zero-order valence-corrected chi connectivity index (χ0v) is 15.0. The Morgan fingerprint density at radius 3 is 2.50 bits per heavy atom. The first kappa shape index (κ1) is 18.9. The van der Waals surface area contributed by atoms with Crippen molar-refractivity contribution in [2.24, 2.45) is 11.8 Å². The first-order valence-corrected chi connectivity index (χ1v) is 9.47. The number of carbonyl (C=O) groups excluding carboxylic acids is 1. The van der Waals surface area contributed by atoms with E-state index in [1.165, 1.54) is 0 Å². The summed E-state index contributed by atoms with van der Waals surface area (Å²) < 4.78 is 34.0. The van der Waals surface area contributed by atoms with Gasteiger partial charge in [-0.25, -0.2) is 0 Å². The molecule has 0 saturated heterocycles. The van der Waals surface area contributed by atoms with Crippen molar-refractivity contribution in [2.45, 2.75) is 44.6 Å². The Labute approximate surface area is 142 Å². The summed E-state index contributed by atoms with van der Waals surface area (Å²) >= 11 is 0. The molecule has 0 radical (unpaired) electrons. The van der Waals surface area contributed by atoms with Gasteiger partial charge in [0, 0.05) is 5.92 Å². The van der Waals surface area contributed by atoms with E-state index < -0.39 is 21.8 Å². The van der Waals surface area contributed by atoms with Crippen LogP contribution in [0.3, 0.4) is 0 Å². The maximum atomic E-state index is 11.9. The van der Waals surface area contributed by atoms with E-state index in [0.717, 1.165) is 0 Å². The SMILES string of the molecule is CC(C)(C)OC(=O)[C@@H]1C[C@H]1[C@H](O)COS(=O)(=O)Cc1ccccc1. The van der Waals surface area contributed by atoms with Crippen LogP contribution in [-0.2, 0) is 29.6 Å². The Balaban J connectivity index is 1.79. The molecular weight excluding hydrogens is 332 g/mol. The average molecular weight is 356 g/mol. The molecule has 1 aromatic carbocycles. The van der Waals surface area contributed by atoms with Crippen LogP contribution in [0.25, 0.3) is 0 Å². The largest absolute Gasteiger partial charge is 0.460 e. The number of rotatable bonds is 7. The Kier molecular flexibility index (Phi) is 5.67. The number of hydrogen-bond acceptors (Lipinski definition) is 6. The second-order valence-corrected chi connectivity index (χ2v) is 8.72. The van der Waals surface area contributed by atoms with Gasteiger partial charge >= 0.3 is 5.97 Å². The zero-order valence-electron chi connectivity index (χ0n) is 14.1. The topological polar surface area (TPSA) is 89.9 Å². The Hall–Kier alpha value is -1.44.